The van der Waals surface area contributed by atoms with Crippen molar-refractivity contribution in [2.24, 2.45) is 0 Å². The summed E-state index contributed by atoms with van der Waals surface area (Å²) in [7, 11) is 0. The first-order valence-corrected chi connectivity index (χ1v) is 13.6. The van der Waals surface area contributed by atoms with Gasteiger partial charge in [0.25, 0.3) is 0 Å². The van der Waals surface area contributed by atoms with E-state index in [1.807, 2.05) is 42.5 Å². The Labute approximate surface area is 232 Å². The Kier molecular flexibility index (Phi) is 7.44. The maximum atomic E-state index is 9.53. The van der Waals surface area contributed by atoms with Crippen LogP contribution in [0.4, 0.5) is 0 Å². The Morgan fingerprint density at radius 2 is 1.62 bits per heavy atom. The lowest BCUT2D eigenvalue weighted by atomic mass is 9.91. The van der Waals surface area contributed by atoms with Gasteiger partial charge in [-0.3, -0.25) is 10.2 Å². The van der Waals surface area contributed by atoms with Crippen molar-refractivity contribution in [3.8, 4) is 34.0 Å². The van der Waals surface area contributed by atoms with Gasteiger partial charge in [-0.25, -0.2) is 4.98 Å². The first-order chi connectivity index (χ1) is 19.5. The molecule has 1 fully saturated rings. The molecule has 1 aliphatic rings. The van der Waals surface area contributed by atoms with Gasteiger partial charge in [0.15, 0.2) is 5.58 Å². The smallest absolute Gasteiger partial charge is 0.241 e. The SMILES string of the molecule is Cc1c(-c2noc(CN3CCOCC3)n2)cccc1-c1cccc(-c2nc3cc(CNC(C)O)ccc3o2)c1C. The highest BCUT2D eigenvalue weighted by Gasteiger charge is 2.19. The summed E-state index contributed by atoms with van der Waals surface area (Å²) in [6, 6.07) is 18.3. The molecule has 2 aromatic heterocycles. The second-order valence-electron chi connectivity index (χ2n) is 10.2. The number of nitrogens with zero attached hydrogens (tertiary/aromatic N) is 4. The van der Waals surface area contributed by atoms with Crippen LogP contribution in [0.5, 0.6) is 0 Å². The molecule has 3 heterocycles. The van der Waals surface area contributed by atoms with Crippen LogP contribution in [0.3, 0.4) is 0 Å². The van der Waals surface area contributed by atoms with Crippen molar-refractivity contribution >= 4 is 11.1 Å². The van der Waals surface area contributed by atoms with Crippen LogP contribution in [-0.2, 0) is 17.8 Å². The molecule has 0 radical (unpaired) electrons. The van der Waals surface area contributed by atoms with Crippen LogP contribution in [0.25, 0.3) is 45.1 Å². The number of morpholine rings is 1. The van der Waals surface area contributed by atoms with Crippen molar-refractivity contribution in [1.29, 1.82) is 0 Å². The molecule has 0 aliphatic carbocycles. The number of benzene rings is 3. The standard InChI is InChI=1S/C31H33N5O4/c1-19-23(6-4-8-25(19)30-34-29(40-35-30)18-36-12-14-38-15-13-36)24-7-5-9-26(20(24)2)31-33-27-16-22(17-32-21(3)37)10-11-28(27)39-31/h4-11,16,21,32,37H,12-15,17-18H2,1-3H3. The van der Waals surface area contributed by atoms with E-state index >= 15 is 0 Å². The van der Waals surface area contributed by atoms with E-state index in [2.05, 4.69) is 41.4 Å². The van der Waals surface area contributed by atoms with E-state index in [0.717, 1.165) is 76.3 Å². The molecule has 5 aromatic rings. The van der Waals surface area contributed by atoms with Crippen LogP contribution in [-0.4, -0.2) is 57.7 Å². The van der Waals surface area contributed by atoms with Gasteiger partial charge in [-0.15, -0.1) is 0 Å². The summed E-state index contributed by atoms with van der Waals surface area (Å²) in [4.78, 5) is 11.8. The second kappa shape index (κ2) is 11.3. The fourth-order valence-corrected chi connectivity index (χ4v) is 5.17. The minimum Gasteiger partial charge on any atom is -0.436 e. The Balaban J connectivity index is 1.29. The van der Waals surface area contributed by atoms with Gasteiger partial charge in [0.2, 0.25) is 17.6 Å². The third-order valence-electron chi connectivity index (χ3n) is 7.41. The predicted octanol–water partition coefficient (Wildman–Crippen LogP) is 5.09. The molecule has 0 saturated carbocycles. The zero-order valence-corrected chi connectivity index (χ0v) is 23.0. The molecule has 6 rings (SSSR count). The molecule has 1 aliphatic heterocycles. The Morgan fingerprint density at radius 3 is 2.38 bits per heavy atom. The van der Waals surface area contributed by atoms with Gasteiger partial charge in [-0.05, 0) is 66.8 Å². The van der Waals surface area contributed by atoms with Gasteiger partial charge < -0.3 is 18.8 Å². The number of hydrogen-bond donors (Lipinski definition) is 2. The highest BCUT2D eigenvalue weighted by Crippen LogP contribution is 2.37. The lowest BCUT2D eigenvalue weighted by Crippen LogP contribution is -2.35. The van der Waals surface area contributed by atoms with Crippen molar-refractivity contribution in [2.45, 2.75) is 40.1 Å². The fourth-order valence-electron chi connectivity index (χ4n) is 5.17. The van der Waals surface area contributed by atoms with E-state index in [1.54, 1.807) is 6.92 Å². The van der Waals surface area contributed by atoms with Crippen molar-refractivity contribution in [3.05, 3.63) is 77.2 Å². The first kappa shape index (κ1) is 26.3. The quantitative estimate of drug-likeness (QED) is 0.261. The number of ether oxygens (including phenoxy) is 1. The number of fused-ring (bicyclic) bond motifs is 1. The number of nitrogens with one attached hydrogen (secondary N) is 1. The maximum Gasteiger partial charge on any atom is 0.241 e. The summed E-state index contributed by atoms with van der Waals surface area (Å²) < 4.78 is 17.2. The van der Waals surface area contributed by atoms with Crippen LogP contribution in [0.2, 0.25) is 0 Å². The Bertz CT molecular complexity index is 1630. The monoisotopic (exact) mass is 539 g/mol. The van der Waals surface area contributed by atoms with Crippen LogP contribution in [0.15, 0.2) is 63.5 Å². The topological polar surface area (TPSA) is 110 Å². The highest BCUT2D eigenvalue weighted by molar-refractivity contribution is 5.83. The summed E-state index contributed by atoms with van der Waals surface area (Å²) in [6.45, 7) is 10.3. The zero-order chi connectivity index (χ0) is 27.6. The van der Waals surface area contributed by atoms with E-state index in [0.29, 0.717) is 30.7 Å². The summed E-state index contributed by atoms with van der Waals surface area (Å²) in [5.41, 5.74) is 8.77. The van der Waals surface area contributed by atoms with E-state index < -0.39 is 6.23 Å². The van der Waals surface area contributed by atoms with E-state index in [-0.39, 0.29) is 0 Å². The number of oxazole rings is 1. The van der Waals surface area contributed by atoms with Crippen LogP contribution in [0.1, 0.15) is 29.5 Å². The Hall–Kier alpha value is -3.89. The van der Waals surface area contributed by atoms with Gasteiger partial charge >= 0.3 is 0 Å². The molecule has 2 N–H and O–H groups in total. The largest absolute Gasteiger partial charge is 0.436 e. The molecule has 9 heteroatoms. The van der Waals surface area contributed by atoms with E-state index in [9.17, 15) is 5.11 Å². The van der Waals surface area contributed by atoms with Crippen molar-refractivity contribution in [1.82, 2.24) is 25.3 Å². The summed E-state index contributed by atoms with van der Waals surface area (Å²) in [6.07, 6.45) is -0.576. The summed E-state index contributed by atoms with van der Waals surface area (Å²) in [5.74, 6) is 1.78. The van der Waals surface area contributed by atoms with Gasteiger partial charge in [-0.1, -0.05) is 41.6 Å². The van der Waals surface area contributed by atoms with E-state index in [4.69, 9.17) is 23.6 Å². The molecular formula is C31H33N5O4. The maximum absolute atomic E-state index is 9.53. The second-order valence-corrected chi connectivity index (χ2v) is 10.2. The van der Waals surface area contributed by atoms with Gasteiger partial charge in [0, 0.05) is 30.8 Å². The Morgan fingerprint density at radius 1 is 0.925 bits per heavy atom. The van der Waals surface area contributed by atoms with Crippen molar-refractivity contribution in [2.75, 3.05) is 26.3 Å². The average molecular weight is 540 g/mol. The van der Waals surface area contributed by atoms with Gasteiger partial charge in [0.05, 0.1) is 19.8 Å². The number of aromatic nitrogens is 3. The van der Waals surface area contributed by atoms with Crippen LogP contribution >= 0.6 is 0 Å². The zero-order valence-electron chi connectivity index (χ0n) is 23.0. The third-order valence-corrected chi connectivity index (χ3v) is 7.41. The van der Waals surface area contributed by atoms with Crippen molar-refractivity contribution < 1.29 is 18.8 Å². The lowest BCUT2D eigenvalue weighted by Gasteiger charge is -2.24. The molecule has 1 saturated heterocycles. The van der Waals surface area contributed by atoms with Crippen LogP contribution < -0.4 is 5.32 Å². The number of rotatable bonds is 8. The average Bonchev–Trinajstić information content (AvgIpc) is 3.60. The molecule has 40 heavy (non-hydrogen) atoms. The van der Waals surface area contributed by atoms with Crippen LogP contribution in [0, 0.1) is 13.8 Å². The molecule has 1 unspecified atom stereocenters. The molecular weight excluding hydrogens is 506 g/mol. The summed E-state index contributed by atoms with van der Waals surface area (Å²) in [5, 5.41) is 16.8. The number of aliphatic hydroxyl groups excluding tert-OH is 1. The fraction of sp³-hybridized carbons (Fsp3) is 0.323. The number of hydrogen-bond acceptors (Lipinski definition) is 9. The molecule has 0 spiro atoms. The highest BCUT2D eigenvalue weighted by atomic mass is 16.5. The normalized spacial score (nSPS) is 15.1. The summed E-state index contributed by atoms with van der Waals surface area (Å²) >= 11 is 0. The van der Waals surface area contributed by atoms with Crippen molar-refractivity contribution in [3.63, 3.8) is 0 Å². The predicted molar refractivity (Wildman–Crippen MR) is 152 cm³/mol. The molecule has 0 amide bonds. The minimum absolute atomic E-state index is 0.551. The van der Waals surface area contributed by atoms with Gasteiger partial charge in [0.1, 0.15) is 11.7 Å². The molecule has 9 nitrogen and oxygen atoms in total. The molecule has 1 atom stereocenters. The minimum atomic E-state index is -0.576. The van der Waals surface area contributed by atoms with Gasteiger partial charge in [-0.2, -0.15) is 4.98 Å². The first-order valence-electron chi connectivity index (χ1n) is 13.6. The third kappa shape index (κ3) is 5.41. The number of aliphatic hydroxyl groups is 1. The molecule has 3 aromatic carbocycles. The van der Waals surface area contributed by atoms with E-state index in [1.165, 1.54) is 0 Å². The molecule has 0 bridgehead atoms. The molecule has 206 valence electrons. The lowest BCUT2D eigenvalue weighted by molar-refractivity contribution is 0.0297.